The number of hydrazine groups is 1. The quantitative estimate of drug-likeness (QED) is 0.161. The molecule has 194 valence electrons. The van der Waals surface area contributed by atoms with Crippen LogP contribution in [0.2, 0.25) is 0 Å². The molecule has 1 aromatic heterocycles. The molecule has 1 heterocycles. The van der Waals surface area contributed by atoms with Crippen LogP contribution < -0.4 is 31.4 Å². The number of benzene rings is 2. The SMILES string of the molecule is CC(C)Oc1ccc(C(Nc2ccc(C(=N)N)cc2)C(=O)NNC(=O)c2ccccn2)cc1OC(C)C. The summed E-state index contributed by atoms with van der Waals surface area (Å²) in [5, 5.41) is 10.8. The molecule has 1 atom stereocenters. The van der Waals surface area contributed by atoms with E-state index in [0.717, 1.165) is 0 Å². The third-order valence-electron chi connectivity index (χ3n) is 4.99. The van der Waals surface area contributed by atoms with Crippen LogP contribution in [0.25, 0.3) is 0 Å². The molecule has 0 aliphatic carbocycles. The number of nitrogen functional groups attached to an aromatic ring is 1. The van der Waals surface area contributed by atoms with Crippen molar-refractivity contribution < 1.29 is 19.1 Å². The summed E-state index contributed by atoms with van der Waals surface area (Å²) in [6.45, 7) is 7.63. The number of hydrogen-bond acceptors (Lipinski definition) is 7. The number of rotatable bonds is 10. The van der Waals surface area contributed by atoms with Gasteiger partial charge in [0.25, 0.3) is 11.8 Å². The Morgan fingerprint density at radius 2 is 1.57 bits per heavy atom. The lowest BCUT2D eigenvalue weighted by atomic mass is 10.0. The molecule has 1 unspecified atom stereocenters. The zero-order valence-electron chi connectivity index (χ0n) is 21.2. The van der Waals surface area contributed by atoms with Crippen LogP contribution in [-0.4, -0.2) is 34.8 Å². The zero-order chi connectivity index (χ0) is 26.9. The average molecular weight is 505 g/mol. The standard InChI is InChI=1S/C27H32N6O4/c1-16(2)36-22-13-10-19(15-23(22)37-17(3)4)24(31-20-11-8-18(9-12-20)25(28)29)27(35)33-32-26(34)21-7-5-6-14-30-21/h5-17,24,31H,1-4H3,(H3,28,29)(H,32,34)(H,33,35). The number of nitrogens with two attached hydrogens (primary N) is 1. The number of nitrogens with one attached hydrogen (secondary N) is 4. The van der Waals surface area contributed by atoms with Crippen molar-refractivity contribution in [1.29, 1.82) is 5.41 Å². The van der Waals surface area contributed by atoms with Gasteiger partial charge in [-0.2, -0.15) is 0 Å². The molecule has 3 rings (SSSR count). The third-order valence-corrected chi connectivity index (χ3v) is 4.99. The first-order valence-electron chi connectivity index (χ1n) is 11.8. The minimum atomic E-state index is -0.921. The van der Waals surface area contributed by atoms with Crippen molar-refractivity contribution in [3.05, 3.63) is 83.7 Å². The smallest absolute Gasteiger partial charge is 0.288 e. The molecule has 0 aliphatic heterocycles. The van der Waals surface area contributed by atoms with E-state index in [4.69, 9.17) is 20.6 Å². The number of pyridine rings is 1. The van der Waals surface area contributed by atoms with Gasteiger partial charge in [0.1, 0.15) is 17.6 Å². The minimum Gasteiger partial charge on any atom is -0.487 e. The van der Waals surface area contributed by atoms with Gasteiger partial charge >= 0.3 is 0 Å². The highest BCUT2D eigenvalue weighted by atomic mass is 16.5. The van der Waals surface area contributed by atoms with E-state index in [9.17, 15) is 9.59 Å². The van der Waals surface area contributed by atoms with Gasteiger partial charge in [0.05, 0.1) is 12.2 Å². The maximum Gasteiger partial charge on any atom is 0.288 e. The molecule has 6 N–H and O–H groups in total. The molecule has 0 saturated carbocycles. The van der Waals surface area contributed by atoms with Gasteiger partial charge in [-0.3, -0.25) is 30.8 Å². The minimum absolute atomic E-state index is 0.0608. The number of ether oxygens (including phenoxy) is 2. The number of aromatic nitrogens is 1. The van der Waals surface area contributed by atoms with E-state index in [0.29, 0.717) is 28.3 Å². The molecule has 0 radical (unpaired) electrons. The average Bonchev–Trinajstić information content (AvgIpc) is 2.87. The second kappa shape index (κ2) is 12.4. The van der Waals surface area contributed by atoms with Crippen molar-refractivity contribution in [1.82, 2.24) is 15.8 Å². The lowest BCUT2D eigenvalue weighted by molar-refractivity contribution is -0.122. The highest BCUT2D eigenvalue weighted by Crippen LogP contribution is 2.33. The monoisotopic (exact) mass is 504 g/mol. The summed E-state index contributed by atoms with van der Waals surface area (Å²) >= 11 is 0. The number of amidine groups is 1. The van der Waals surface area contributed by atoms with Gasteiger partial charge in [-0.05, 0) is 81.8 Å². The molecular weight excluding hydrogens is 472 g/mol. The van der Waals surface area contributed by atoms with Gasteiger partial charge in [-0.25, -0.2) is 0 Å². The Morgan fingerprint density at radius 1 is 0.892 bits per heavy atom. The van der Waals surface area contributed by atoms with Crippen LogP contribution in [0.5, 0.6) is 11.5 Å². The molecule has 0 saturated heterocycles. The van der Waals surface area contributed by atoms with Crippen LogP contribution in [-0.2, 0) is 4.79 Å². The molecule has 0 bridgehead atoms. The number of carbonyl (C=O) groups is 2. The molecule has 3 aromatic rings. The Labute approximate surface area is 216 Å². The molecule has 0 aliphatic rings. The summed E-state index contributed by atoms with van der Waals surface area (Å²) in [6, 6.07) is 16.0. The van der Waals surface area contributed by atoms with Crippen molar-refractivity contribution in [2.24, 2.45) is 5.73 Å². The van der Waals surface area contributed by atoms with Gasteiger partial charge in [0, 0.05) is 17.4 Å². The topological polar surface area (TPSA) is 151 Å². The number of hydrogen-bond donors (Lipinski definition) is 5. The molecule has 10 nitrogen and oxygen atoms in total. The summed E-state index contributed by atoms with van der Waals surface area (Å²) in [6.07, 6.45) is 1.30. The van der Waals surface area contributed by atoms with Crippen molar-refractivity contribution in [3.8, 4) is 11.5 Å². The zero-order valence-corrected chi connectivity index (χ0v) is 21.2. The lowest BCUT2D eigenvalue weighted by Gasteiger charge is -2.23. The van der Waals surface area contributed by atoms with Crippen LogP contribution in [0.15, 0.2) is 66.9 Å². The van der Waals surface area contributed by atoms with Gasteiger partial charge in [-0.15, -0.1) is 0 Å². The molecule has 0 fully saturated rings. The first-order valence-corrected chi connectivity index (χ1v) is 11.8. The summed E-state index contributed by atoms with van der Waals surface area (Å²) < 4.78 is 11.8. The fourth-order valence-electron chi connectivity index (χ4n) is 3.37. The summed E-state index contributed by atoms with van der Waals surface area (Å²) in [5.41, 5.74) is 12.3. The summed E-state index contributed by atoms with van der Waals surface area (Å²) in [5.74, 6) is -0.0867. The maximum atomic E-state index is 13.3. The van der Waals surface area contributed by atoms with Gasteiger partial charge < -0.3 is 20.5 Å². The van der Waals surface area contributed by atoms with Crippen LogP contribution in [0.3, 0.4) is 0 Å². The Hall–Kier alpha value is -4.60. The van der Waals surface area contributed by atoms with Crippen LogP contribution in [0.1, 0.15) is 55.4 Å². The van der Waals surface area contributed by atoms with Gasteiger partial charge in [0.2, 0.25) is 0 Å². The predicted octanol–water partition coefficient (Wildman–Crippen LogP) is 3.55. The van der Waals surface area contributed by atoms with Crippen molar-refractivity contribution in [2.45, 2.75) is 45.9 Å². The van der Waals surface area contributed by atoms with E-state index in [1.54, 1.807) is 54.6 Å². The fourth-order valence-corrected chi connectivity index (χ4v) is 3.37. The maximum absolute atomic E-state index is 13.3. The largest absolute Gasteiger partial charge is 0.487 e. The first kappa shape index (κ1) is 27.0. The number of amides is 2. The second-order valence-corrected chi connectivity index (χ2v) is 8.77. The summed E-state index contributed by atoms with van der Waals surface area (Å²) in [4.78, 5) is 29.7. The van der Waals surface area contributed by atoms with E-state index in [1.807, 2.05) is 27.7 Å². The van der Waals surface area contributed by atoms with E-state index < -0.39 is 17.9 Å². The highest BCUT2D eigenvalue weighted by molar-refractivity contribution is 5.96. The third kappa shape index (κ3) is 7.69. The van der Waals surface area contributed by atoms with Crippen LogP contribution in [0.4, 0.5) is 5.69 Å². The first-order chi connectivity index (χ1) is 17.6. The molecule has 10 heteroatoms. The number of carbonyl (C=O) groups excluding carboxylic acids is 2. The van der Waals surface area contributed by atoms with Crippen molar-refractivity contribution in [2.75, 3.05) is 5.32 Å². The van der Waals surface area contributed by atoms with Crippen LogP contribution in [0, 0.1) is 5.41 Å². The van der Waals surface area contributed by atoms with Crippen LogP contribution >= 0.6 is 0 Å². The lowest BCUT2D eigenvalue weighted by Crippen LogP contribution is -2.45. The molecule has 2 aromatic carbocycles. The molecular formula is C27H32N6O4. The fraction of sp³-hybridized carbons (Fsp3) is 0.259. The Balaban J connectivity index is 1.91. The van der Waals surface area contributed by atoms with E-state index in [1.165, 1.54) is 12.3 Å². The number of anilines is 1. The van der Waals surface area contributed by atoms with Crippen molar-refractivity contribution >= 4 is 23.3 Å². The predicted molar refractivity (Wildman–Crippen MR) is 142 cm³/mol. The highest BCUT2D eigenvalue weighted by Gasteiger charge is 2.24. The van der Waals surface area contributed by atoms with Crippen molar-refractivity contribution in [3.63, 3.8) is 0 Å². The Kier molecular flexibility index (Phi) is 9.04. The molecule has 37 heavy (non-hydrogen) atoms. The Bertz CT molecular complexity index is 1230. The Morgan fingerprint density at radius 3 is 2.16 bits per heavy atom. The van der Waals surface area contributed by atoms with Gasteiger partial charge in [0.15, 0.2) is 11.5 Å². The summed E-state index contributed by atoms with van der Waals surface area (Å²) in [7, 11) is 0. The number of nitrogens with zero attached hydrogens (tertiary/aromatic N) is 1. The normalized spacial score (nSPS) is 11.5. The second-order valence-electron chi connectivity index (χ2n) is 8.77. The van der Waals surface area contributed by atoms with E-state index >= 15 is 0 Å². The molecule has 0 spiro atoms. The molecule has 2 amide bonds. The van der Waals surface area contributed by atoms with E-state index in [2.05, 4.69) is 21.2 Å². The van der Waals surface area contributed by atoms with E-state index in [-0.39, 0.29) is 23.7 Å². The van der Waals surface area contributed by atoms with Gasteiger partial charge in [-0.1, -0.05) is 12.1 Å².